The van der Waals surface area contributed by atoms with Crippen LogP contribution in [0, 0.1) is 0 Å². The third kappa shape index (κ3) is 2.73. The molecule has 0 unspecified atom stereocenters. The molecule has 0 fully saturated rings. The molecule has 0 saturated carbocycles. The molecule has 4 nitrogen and oxygen atoms in total. The van der Waals surface area contributed by atoms with Gasteiger partial charge in [0.25, 0.3) is 0 Å². The summed E-state index contributed by atoms with van der Waals surface area (Å²) in [7, 11) is 2.78. The van der Waals surface area contributed by atoms with Gasteiger partial charge in [-0.1, -0.05) is 42.5 Å². The summed E-state index contributed by atoms with van der Waals surface area (Å²) in [5.74, 6) is -1.49. The summed E-state index contributed by atoms with van der Waals surface area (Å²) in [6.07, 6.45) is 0. The first-order chi connectivity index (χ1) is 9.13. The zero-order chi connectivity index (χ0) is 13.8. The standard InChI is InChI=1S/C15H15NO3/c1-16(14(17)15(18)19-2)10-12-8-5-7-11-6-3-4-9-13(11)12/h3-9H,10H2,1-2H3. The molecule has 19 heavy (non-hydrogen) atoms. The Labute approximate surface area is 111 Å². The van der Waals surface area contributed by atoms with Gasteiger partial charge in [-0.2, -0.15) is 0 Å². The molecule has 0 radical (unpaired) electrons. The van der Waals surface area contributed by atoms with Crippen molar-refractivity contribution in [2.45, 2.75) is 6.54 Å². The molecule has 1 amide bonds. The van der Waals surface area contributed by atoms with E-state index < -0.39 is 11.9 Å². The van der Waals surface area contributed by atoms with E-state index in [0.29, 0.717) is 6.54 Å². The number of esters is 1. The lowest BCUT2D eigenvalue weighted by molar-refractivity contribution is -0.157. The van der Waals surface area contributed by atoms with E-state index in [1.54, 1.807) is 7.05 Å². The van der Waals surface area contributed by atoms with E-state index in [1.165, 1.54) is 12.0 Å². The molecule has 2 aromatic rings. The molecule has 0 N–H and O–H groups in total. The first-order valence-electron chi connectivity index (χ1n) is 5.93. The third-order valence-corrected chi connectivity index (χ3v) is 2.99. The van der Waals surface area contributed by atoms with E-state index in [9.17, 15) is 9.59 Å². The number of hydrogen-bond donors (Lipinski definition) is 0. The zero-order valence-corrected chi connectivity index (χ0v) is 10.9. The second-order valence-corrected chi connectivity index (χ2v) is 4.29. The van der Waals surface area contributed by atoms with E-state index >= 15 is 0 Å². The average molecular weight is 257 g/mol. The Hall–Kier alpha value is -2.36. The van der Waals surface area contributed by atoms with Gasteiger partial charge in [0.1, 0.15) is 0 Å². The number of nitrogens with zero attached hydrogens (tertiary/aromatic N) is 1. The van der Waals surface area contributed by atoms with Crippen LogP contribution in [0.2, 0.25) is 0 Å². The highest BCUT2D eigenvalue weighted by atomic mass is 16.5. The molecule has 0 bridgehead atoms. The molecule has 0 aromatic heterocycles. The maximum atomic E-state index is 11.7. The smallest absolute Gasteiger partial charge is 0.396 e. The van der Waals surface area contributed by atoms with Crippen molar-refractivity contribution in [3.63, 3.8) is 0 Å². The number of rotatable bonds is 2. The van der Waals surface area contributed by atoms with Crippen LogP contribution in [0.25, 0.3) is 10.8 Å². The molecule has 0 spiro atoms. The molecular weight excluding hydrogens is 242 g/mol. The van der Waals surface area contributed by atoms with Crippen molar-refractivity contribution in [3.05, 3.63) is 48.0 Å². The van der Waals surface area contributed by atoms with Crippen LogP contribution in [0.3, 0.4) is 0 Å². The Morgan fingerprint density at radius 2 is 1.79 bits per heavy atom. The average Bonchev–Trinajstić information content (AvgIpc) is 2.46. The van der Waals surface area contributed by atoms with Crippen LogP contribution in [0.1, 0.15) is 5.56 Å². The summed E-state index contributed by atoms with van der Waals surface area (Å²) in [6, 6.07) is 13.8. The Morgan fingerprint density at radius 3 is 2.53 bits per heavy atom. The number of carbonyl (C=O) groups is 2. The van der Waals surface area contributed by atoms with Crippen molar-refractivity contribution in [2.75, 3.05) is 14.2 Å². The number of fused-ring (bicyclic) bond motifs is 1. The minimum atomic E-state index is -0.845. The first-order valence-corrected chi connectivity index (χ1v) is 5.93. The molecule has 2 aromatic carbocycles. The quantitative estimate of drug-likeness (QED) is 0.610. The summed E-state index contributed by atoms with van der Waals surface area (Å²) in [5.41, 5.74) is 0.998. The highest BCUT2D eigenvalue weighted by Crippen LogP contribution is 2.19. The van der Waals surface area contributed by atoms with Crippen molar-refractivity contribution in [1.29, 1.82) is 0 Å². The normalized spacial score (nSPS) is 10.2. The van der Waals surface area contributed by atoms with Crippen molar-refractivity contribution in [2.24, 2.45) is 0 Å². The van der Waals surface area contributed by atoms with Crippen LogP contribution in [0.4, 0.5) is 0 Å². The van der Waals surface area contributed by atoms with Crippen molar-refractivity contribution >= 4 is 22.6 Å². The lowest BCUT2D eigenvalue weighted by atomic mass is 10.0. The Kier molecular flexibility index (Phi) is 3.80. The van der Waals surface area contributed by atoms with Gasteiger partial charge in [0.2, 0.25) is 0 Å². The Bertz CT molecular complexity index is 616. The monoisotopic (exact) mass is 257 g/mol. The summed E-state index contributed by atoms with van der Waals surface area (Å²) in [5, 5.41) is 2.19. The van der Waals surface area contributed by atoms with Gasteiger partial charge in [-0.3, -0.25) is 4.79 Å². The number of likely N-dealkylation sites (N-methyl/N-ethyl adjacent to an activating group) is 1. The summed E-state index contributed by atoms with van der Waals surface area (Å²) in [4.78, 5) is 24.2. The molecule has 4 heteroatoms. The van der Waals surface area contributed by atoms with Gasteiger partial charge in [-0.05, 0) is 16.3 Å². The van der Waals surface area contributed by atoms with Crippen LogP contribution < -0.4 is 0 Å². The van der Waals surface area contributed by atoms with Crippen LogP contribution in [-0.4, -0.2) is 30.9 Å². The largest absolute Gasteiger partial charge is 0.462 e. The predicted octanol–water partition coefficient (Wildman–Crippen LogP) is 1.97. The molecule has 98 valence electrons. The van der Waals surface area contributed by atoms with E-state index in [1.807, 2.05) is 42.5 Å². The highest BCUT2D eigenvalue weighted by molar-refractivity contribution is 6.32. The minimum Gasteiger partial charge on any atom is -0.462 e. The van der Waals surface area contributed by atoms with Gasteiger partial charge in [0, 0.05) is 13.6 Å². The number of methoxy groups -OCH3 is 1. The van der Waals surface area contributed by atoms with Crippen molar-refractivity contribution in [3.8, 4) is 0 Å². The van der Waals surface area contributed by atoms with Crippen LogP contribution >= 0.6 is 0 Å². The fraction of sp³-hybridized carbons (Fsp3) is 0.200. The third-order valence-electron chi connectivity index (χ3n) is 2.99. The lowest BCUT2D eigenvalue weighted by Gasteiger charge is -2.16. The number of hydrogen-bond acceptors (Lipinski definition) is 3. The molecule has 0 heterocycles. The second kappa shape index (κ2) is 5.52. The molecule has 2 rings (SSSR count). The zero-order valence-electron chi connectivity index (χ0n) is 10.9. The minimum absolute atomic E-state index is 0.370. The van der Waals surface area contributed by atoms with Gasteiger partial charge in [-0.15, -0.1) is 0 Å². The number of carbonyl (C=O) groups excluding carboxylic acids is 2. The molecule has 0 aliphatic carbocycles. The first kappa shape index (κ1) is 13.1. The van der Waals surface area contributed by atoms with Gasteiger partial charge in [0.05, 0.1) is 7.11 Å². The van der Waals surface area contributed by atoms with E-state index in [2.05, 4.69) is 4.74 Å². The van der Waals surface area contributed by atoms with E-state index in [0.717, 1.165) is 16.3 Å². The molecule has 0 aliphatic heterocycles. The Balaban J connectivity index is 2.26. The fourth-order valence-electron chi connectivity index (χ4n) is 2.00. The van der Waals surface area contributed by atoms with Crippen LogP contribution in [0.5, 0.6) is 0 Å². The lowest BCUT2D eigenvalue weighted by Crippen LogP contribution is -2.33. The van der Waals surface area contributed by atoms with Gasteiger partial charge < -0.3 is 9.64 Å². The van der Waals surface area contributed by atoms with E-state index in [4.69, 9.17) is 0 Å². The van der Waals surface area contributed by atoms with Gasteiger partial charge >= 0.3 is 11.9 Å². The maximum Gasteiger partial charge on any atom is 0.396 e. The topological polar surface area (TPSA) is 46.6 Å². The molecule has 0 aliphatic rings. The maximum absolute atomic E-state index is 11.7. The van der Waals surface area contributed by atoms with E-state index in [-0.39, 0.29) is 0 Å². The number of ether oxygens (including phenoxy) is 1. The van der Waals surface area contributed by atoms with Crippen LogP contribution in [0.15, 0.2) is 42.5 Å². The Morgan fingerprint density at radius 1 is 1.11 bits per heavy atom. The van der Waals surface area contributed by atoms with Gasteiger partial charge in [0.15, 0.2) is 0 Å². The summed E-state index contributed by atoms with van der Waals surface area (Å²) >= 11 is 0. The predicted molar refractivity (Wildman–Crippen MR) is 72.4 cm³/mol. The van der Waals surface area contributed by atoms with Crippen molar-refractivity contribution in [1.82, 2.24) is 4.90 Å². The molecule has 0 saturated heterocycles. The van der Waals surface area contributed by atoms with Gasteiger partial charge in [-0.25, -0.2) is 4.79 Å². The second-order valence-electron chi connectivity index (χ2n) is 4.29. The number of benzene rings is 2. The fourth-order valence-corrected chi connectivity index (χ4v) is 2.00. The summed E-state index contributed by atoms with van der Waals surface area (Å²) in [6.45, 7) is 0.370. The molecular formula is C15H15NO3. The van der Waals surface area contributed by atoms with Crippen LogP contribution in [-0.2, 0) is 20.9 Å². The SMILES string of the molecule is COC(=O)C(=O)N(C)Cc1cccc2ccccc12. The summed E-state index contributed by atoms with van der Waals surface area (Å²) < 4.78 is 4.43. The van der Waals surface area contributed by atoms with Crippen molar-refractivity contribution < 1.29 is 14.3 Å². The molecule has 0 atom stereocenters. The highest BCUT2D eigenvalue weighted by Gasteiger charge is 2.19. The number of amides is 1.